The highest BCUT2D eigenvalue weighted by molar-refractivity contribution is 5.96. The molecular formula is C35H39N5O9. The largest absolute Gasteiger partial charge is 0.508 e. The fourth-order valence-corrected chi connectivity index (χ4v) is 4.99. The number of carbonyl (C=O) groups is 6. The Morgan fingerprint density at radius 3 is 1.67 bits per heavy atom. The van der Waals surface area contributed by atoms with Crippen LogP contribution in [0.15, 0.2) is 78.9 Å². The summed E-state index contributed by atoms with van der Waals surface area (Å²) in [6.07, 6.45) is -1.58. The average molecular weight is 674 g/mol. The zero-order chi connectivity index (χ0) is 35.5. The highest BCUT2D eigenvalue weighted by Crippen LogP contribution is 2.15. The van der Waals surface area contributed by atoms with Crippen molar-refractivity contribution in [2.75, 3.05) is 6.54 Å². The van der Waals surface area contributed by atoms with E-state index in [0.717, 1.165) is 0 Å². The van der Waals surface area contributed by atoms with Crippen LogP contribution in [0.4, 0.5) is 0 Å². The molecule has 1 saturated heterocycles. The molecule has 3 aromatic rings. The lowest BCUT2D eigenvalue weighted by atomic mass is 10.0. The molecule has 0 aromatic heterocycles. The first kappa shape index (κ1) is 35.9. The maximum Gasteiger partial charge on any atom is 0.329 e. The van der Waals surface area contributed by atoms with E-state index in [9.17, 15) is 39.0 Å². The van der Waals surface area contributed by atoms with E-state index in [2.05, 4.69) is 26.6 Å². The van der Waals surface area contributed by atoms with E-state index in [4.69, 9.17) is 4.74 Å². The molecule has 5 atom stereocenters. The number of rotatable bonds is 6. The number of nitrogens with one attached hydrogen (secondary N) is 5. The van der Waals surface area contributed by atoms with Crippen molar-refractivity contribution in [2.45, 2.75) is 63.4 Å². The summed E-state index contributed by atoms with van der Waals surface area (Å²) < 4.78 is 5.70. The number of hydrogen-bond acceptors (Lipinski definition) is 9. The van der Waals surface area contributed by atoms with E-state index >= 15 is 0 Å². The topological polar surface area (TPSA) is 212 Å². The van der Waals surface area contributed by atoms with Gasteiger partial charge in [-0.2, -0.15) is 0 Å². The third kappa shape index (κ3) is 10.8. The van der Waals surface area contributed by atoms with Gasteiger partial charge in [-0.05, 0) is 54.8 Å². The van der Waals surface area contributed by atoms with Gasteiger partial charge >= 0.3 is 5.97 Å². The molecule has 5 amide bonds. The van der Waals surface area contributed by atoms with Gasteiger partial charge in [0.1, 0.15) is 35.7 Å². The summed E-state index contributed by atoms with van der Waals surface area (Å²) in [5, 5.41) is 32.0. The zero-order valence-electron chi connectivity index (χ0n) is 27.0. The van der Waals surface area contributed by atoms with Crippen LogP contribution in [-0.2, 0) is 52.8 Å². The van der Waals surface area contributed by atoms with Crippen LogP contribution in [0.1, 0.15) is 30.5 Å². The minimum atomic E-state index is -1.41. The molecule has 1 aliphatic heterocycles. The first-order chi connectivity index (χ1) is 23.4. The standard InChI is InChI=1S/C35H39N5O9/c1-20-31(44)36-19-30(43)39-27(16-23-8-12-25(41)13-9-23)33(46)37-21(2)32(45)40-28(17-24-10-14-26(42)15-11-24)35(48)49-29(34(47)38-20)18-22-6-4-3-5-7-22/h3-15,20-21,27-29,41-42H,16-19H2,1-2H3,(H,36,44)(H,37,46)(H,38,47)(H,39,43)(H,40,45)/t20-,21+,27+,28+,29-/m0/s1. The Labute approximate surface area is 282 Å². The van der Waals surface area contributed by atoms with Gasteiger partial charge in [-0.15, -0.1) is 0 Å². The Hall–Kier alpha value is -5.92. The predicted octanol–water partition coefficient (Wildman–Crippen LogP) is 0.146. The highest BCUT2D eigenvalue weighted by atomic mass is 16.5. The molecular weight excluding hydrogens is 634 g/mol. The van der Waals surface area contributed by atoms with Gasteiger partial charge in [0.15, 0.2) is 6.10 Å². The zero-order valence-corrected chi connectivity index (χ0v) is 27.0. The summed E-state index contributed by atoms with van der Waals surface area (Å²) in [5.41, 5.74) is 1.79. The Balaban J connectivity index is 1.64. The lowest BCUT2D eigenvalue weighted by Crippen LogP contribution is -2.57. The van der Waals surface area contributed by atoms with Crippen molar-refractivity contribution in [1.29, 1.82) is 0 Å². The molecule has 14 heteroatoms. The van der Waals surface area contributed by atoms with Gasteiger partial charge in [-0.25, -0.2) is 4.79 Å². The summed E-state index contributed by atoms with van der Waals surface area (Å²) in [6, 6.07) is 15.7. The lowest BCUT2D eigenvalue weighted by Gasteiger charge is -2.26. The number of cyclic esters (lactones) is 1. The van der Waals surface area contributed by atoms with Crippen LogP contribution in [0, 0.1) is 0 Å². The second-order valence-electron chi connectivity index (χ2n) is 11.7. The molecule has 258 valence electrons. The van der Waals surface area contributed by atoms with Crippen LogP contribution in [0.3, 0.4) is 0 Å². The molecule has 14 nitrogen and oxygen atoms in total. The summed E-state index contributed by atoms with van der Waals surface area (Å²) >= 11 is 0. The average Bonchev–Trinajstić information content (AvgIpc) is 3.08. The third-order valence-electron chi connectivity index (χ3n) is 7.75. The predicted molar refractivity (Wildman–Crippen MR) is 176 cm³/mol. The summed E-state index contributed by atoms with van der Waals surface area (Å²) in [6.45, 7) is 2.25. The number of phenolic OH excluding ortho intramolecular Hbond substituents is 2. The Morgan fingerprint density at radius 2 is 1.08 bits per heavy atom. The number of hydrogen-bond donors (Lipinski definition) is 7. The smallest absolute Gasteiger partial charge is 0.329 e. The van der Waals surface area contributed by atoms with Crippen LogP contribution < -0.4 is 26.6 Å². The third-order valence-corrected chi connectivity index (χ3v) is 7.75. The van der Waals surface area contributed by atoms with Crippen LogP contribution >= 0.6 is 0 Å². The number of amides is 5. The van der Waals surface area contributed by atoms with Crippen molar-refractivity contribution in [2.24, 2.45) is 0 Å². The van der Waals surface area contributed by atoms with Gasteiger partial charge in [0.25, 0.3) is 5.91 Å². The Morgan fingerprint density at radius 1 is 0.571 bits per heavy atom. The van der Waals surface area contributed by atoms with Crippen molar-refractivity contribution >= 4 is 35.5 Å². The normalized spacial score (nSPS) is 23.0. The molecule has 1 fully saturated rings. The number of benzene rings is 3. The van der Waals surface area contributed by atoms with Gasteiger partial charge < -0.3 is 41.5 Å². The molecule has 0 bridgehead atoms. The van der Waals surface area contributed by atoms with Crippen molar-refractivity contribution < 1.29 is 43.7 Å². The van der Waals surface area contributed by atoms with Crippen molar-refractivity contribution in [1.82, 2.24) is 26.6 Å². The first-order valence-corrected chi connectivity index (χ1v) is 15.7. The number of esters is 1. The van der Waals surface area contributed by atoms with Crippen LogP contribution in [-0.4, -0.2) is 82.5 Å². The number of carbonyl (C=O) groups excluding carboxylic acids is 6. The van der Waals surface area contributed by atoms with Crippen molar-refractivity contribution in [3.63, 3.8) is 0 Å². The molecule has 49 heavy (non-hydrogen) atoms. The van der Waals surface area contributed by atoms with E-state index < -0.39 is 72.3 Å². The number of ether oxygens (including phenoxy) is 1. The second kappa shape index (κ2) is 16.8. The van der Waals surface area contributed by atoms with E-state index in [1.54, 1.807) is 54.6 Å². The second-order valence-corrected chi connectivity index (χ2v) is 11.7. The van der Waals surface area contributed by atoms with Crippen LogP contribution in [0.2, 0.25) is 0 Å². The van der Waals surface area contributed by atoms with E-state index in [-0.39, 0.29) is 30.8 Å². The maximum atomic E-state index is 13.7. The molecule has 0 radical (unpaired) electrons. The van der Waals surface area contributed by atoms with Gasteiger partial charge in [-0.3, -0.25) is 24.0 Å². The van der Waals surface area contributed by atoms with Gasteiger partial charge in [-0.1, -0.05) is 54.6 Å². The molecule has 1 heterocycles. The molecule has 1 aliphatic rings. The minimum absolute atomic E-state index is 0.00272. The number of aromatic hydroxyl groups is 2. The molecule has 0 saturated carbocycles. The highest BCUT2D eigenvalue weighted by Gasteiger charge is 2.33. The van der Waals surface area contributed by atoms with Crippen LogP contribution in [0.5, 0.6) is 11.5 Å². The maximum absolute atomic E-state index is 13.7. The molecule has 0 spiro atoms. The SMILES string of the molecule is C[C@@H]1NC(=O)[C@H](Cc2ccccc2)OC(=O)[C@@H](Cc2ccc(O)cc2)NC(=O)[C@@H](C)NC(=O)[C@@H](Cc2ccc(O)cc2)NC(=O)CNC1=O. The quantitative estimate of drug-likeness (QED) is 0.177. The fourth-order valence-electron chi connectivity index (χ4n) is 4.99. The first-order valence-electron chi connectivity index (χ1n) is 15.7. The molecule has 3 aromatic carbocycles. The summed E-state index contributed by atoms with van der Waals surface area (Å²) in [5.74, 6) is -4.64. The van der Waals surface area contributed by atoms with Crippen LogP contribution in [0.25, 0.3) is 0 Å². The van der Waals surface area contributed by atoms with E-state index in [1.165, 1.54) is 38.1 Å². The van der Waals surface area contributed by atoms with Gasteiger partial charge in [0.2, 0.25) is 23.6 Å². The molecule has 4 rings (SSSR count). The Kier molecular flexibility index (Phi) is 12.3. The van der Waals surface area contributed by atoms with Crippen molar-refractivity contribution in [3.05, 3.63) is 95.6 Å². The molecule has 0 unspecified atom stereocenters. The monoisotopic (exact) mass is 673 g/mol. The Bertz CT molecular complexity index is 1650. The fraction of sp³-hybridized carbons (Fsp3) is 0.314. The summed E-state index contributed by atoms with van der Waals surface area (Å²) in [7, 11) is 0. The van der Waals surface area contributed by atoms with E-state index in [1.807, 2.05) is 0 Å². The van der Waals surface area contributed by atoms with Gasteiger partial charge in [0.05, 0.1) is 6.54 Å². The lowest BCUT2D eigenvalue weighted by molar-refractivity contribution is -0.159. The molecule has 0 aliphatic carbocycles. The molecule has 7 N–H and O–H groups in total. The summed E-state index contributed by atoms with van der Waals surface area (Å²) in [4.78, 5) is 79.7. The van der Waals surface area contributed by atoms with E-state index in [0.29, 0.717) is 16.7 Å². The van der Waals surface area contributed by atoms with Crippen molar-refractivity contribution in [3.8, 4) is 11.5 Å². The van der Waals surface area contributed by atoms with Gasteiger partial charge in [0, 0.05) is 19.3 Å². The number of phenols is 2. The minimum Gasteiger partial charge on any atom is -0.508 e.